The Morgan fingerprint density at radius 3 is 2.68 bits per heavy atom. The van der Waals surface area contributed by atoms with Crippen molar-refractivity contribution < 1.29 is 9.53 Å². The molecule has 0 radical (unpaired) electrons. The van der Waals surface area contributed by atoms with Crippen LogP contribution in [0.4, 0.5) is 0 Å². The lowest BCUT2D eigenvalue weighted by molar-refractivity contribution is -0.130. The zero-order chi connectivity index (χ0) is 23.7. The molecule has 1 aromatic carbocycles. The molecule has 2 aliphatic heterocycles. The summed E-state index contributed by atoms with van der Waals surface area (Å²) in [4.78, 5) is 22.9. The minimum Gasteiger partial charge on any atom is -0.495 e. The Morgan fingerprint density at radius 2 is 1.97 bits per heavy atom. The number of hydrogen-bond donors (Lipinski definition) is 0. The van der Waals surface area contributed by atoms with Crippen LogP contribution >= 0.6 is 0 Å². The highest BCUT2D eigenvalue weighted by molar-refractivity contribution is 5.73. The molecule has 34 heavy (non-hydrogen) atoms. The molecule has 0 bridgehead atoms. The van der Waals surface area contributed by atoms with Gasteiger partial charge in [0.1, 0.15) is 11.6 Å². The molecular formula is C26H32N6O2. The van der Waals surface area contributed by atoms with E-state index in [4.69, 9.17) is 14.8 Å². The number of benzene rings is 1. The van der Waals surface area contributed by atoms with Crippen molar-refractivity contribution in [3.8, 4) is 11.4 Å². The third-order valence-electron chi connectivity index (χ3n) is 7.11. The zero-order valence-corrected chi connectivity index (χ0v) is 20.1. The fraction of sp³-hybridized carbons (Fsp3) is 0.462. The van der Waals surface area contributed by atoms with Gasteiger partial charge in [-0.2, -0.15) is 5.10 Å². The van der Waals surface area contributed by atoms with E-state index >= 15 is 0 Å². The number of amides is 1. The highest BCUT2D eigenvalue weighted by Gasteiger charge is 2.33. The number of fused-ring (bicyclic) bond motifs is 1. The summed E-state index contributed by atoms with van der Waals surface area (Å²) < 4.78 is 9.69. The molecule has 4 heterocycles. The number of ether oxygens (including phenoxy) is 1. The number of imidazole rings is 1. The van der Waals surface area contributed by atoms with Gasteiger partial charge in [-0.1, -0.05) is 12.1 Å². The van der Waals surface area contributed by atoms with Crippen LogP contribution < -0.4 is 4.74 Å². The Bertz CT molecular complexity index is 1200. The molecule has 2 aromatic heterocycles. The molecule has 5 rings (SSSR count). The van der Waals surface area contributed by atoms with E-state index in [2.05, 4.69) is 15.7 Å². The Kier molecular flexibility index (Phi) is 6.22. The quantitative estimate of drug-likeness (QED) is 0.573. The van der Waals surface area contributed by atoms with Crippen LogP contribution in [-0.4, -0.2) is 55.3 Å². The number of methoxy groups -OCH3 is 1. The summed E-state index contributed by atoms with van der Waals surface area (Å²) in [6, 6.07) is 6.11. The Labute approximate surface area is 200 Å². The zero-order valence-electron chi connectivity index (χ0n) is 20.1. The number of carbonyl (C=O) groups excluding carboxylic acids is 1. The summed E-state index contributed by atoms with van der Waals surface area (Å²) in [7, 11) is 1.68. The largest absolute Gasteiger partial charge is 0.495 e. The van der Waals surface area contributed by atoms with E-state index in [1.165, 1.54) is 0 Å². The number of aryl methyl sites for hydroxylation is 2. The second-order valence-corrected chi connectivity index (χ2v) is 9.33. The predicted molar refractivity (Wildman–Crippen MR) is 131 cm³/mol. The van der Waals surface area contributed by atoms with Crippen LogP contribution in [-0.2, 0) is 11.3 Å². The van der Waals surface area contributed by atoms with Crippen molar-refractivity contribution in [2.24, 2.45) is 5.92 Å². The first-order valence-corrected chi connectivity index (χ1v) is 12.1. The van der Waals surface area contributed by atoms with Gasteiger partial charge in [0.15, 0.2) is 5.82 Å². The summed E-state index contributed by atoms with van der Waals surface area (Å²) >= 11 is 0. The monoisotopic (exact) mass is 460 g/mol. The lowest BCUT2D eigenvalue weighted by Gasteiger charge is -2.36. The predicted octanol–water partition coefficient (Wildman–Crippen LogP) is 4.09. The third-order valence-corrected chi connectivity index (χ3v) is 7.11. The molecule has 0 N–H and O–H groups in total. The molecule has 1 fully saturated rings. The normalized spacial score (nSPS) is 18.9. The minimum atomic E-state index is 0.183. The molecule has 178 valence electrons. The average molecular weight is 461 g/mol. The first-order chi connectivity index (χ1) is 16.5. The van der Waals surface area contributed by atoms with E-state index in [0.717, 1.165) is 79.7 Å². The van der Waals surface area contributed by atoms with Crippen LogP contribution in [0.2, 0.25) is 0 Å². The number of aromatic nitrogens is 5. The van der Waals surface area contributed by atoms with Gasteiger partial charge in [-0.15, -0.1) is 0 Å². The summed E-state index contributed by atoms with van der Waals surface area (Å²) in [6.45, 7) is 6.27. The molecule has 2 aliphatic rings. The van der Waals surface area contributed by atoms with Crippen LogP contribution in [0.1, 0.15) is 61.4 Å². The summed E-state index contributed by atoms with van der Waals surface area (Å²) in [5, 5.41) is 4.78. The lowest BCUT2D eigenvalue weighted by Crippen LogP contribution is -2.39. The lowest BCUT2D eigenvalue weighted by atomic mass is 9.80. The minimum absolute atomic E-state index is 0.183. The Balaban J connectivity index is 1.32. The van der Waals surface area contributed by atoms with Crippen LogP contribution in [0.3, 0.4) is 0 Å². The fourth-order valence-corrected chi connectivity index (χ4v) is 5.27. The molecule has 1 saturated heterocycles. The topological polar surface area (TPSA) is 78.1 Å². The van der Waals surface area contributed by atoms with Crippen molar-refractivity contribution in [1.82, 2.24) is 29.2 Å². The molecule has 0 saturated carbocycles. The van der Waals surface area contributed by atoms with Gasteiger partial charge in [-0.25, -0.2) is 14.6 Å². The van der Waals surface area contributed by atoms with Gasteiger partial charge in [0.2, 0.25) is 5.91 Å². The number of likely N-dealkylation sites (tertiary alicyclic amines) is 1. The molecular weight excluding hydrogens is 428 g/mol. The van der Waals surface area contributed by atoms with Crippen molar-refractivity contribution in [2.75, 3.05) is 20.2 Å². The van der Waals surface area contributed by atoms with Crippen molar-refractivity contribution in [3.63, 3.8) is 0 Å². The van der Waals surface area contributed by atoms with E-state index in [9.17, 15) is 4.79 Å². The highest BCUT2D eigenvalue weighted by atomic mass is 16.5. The first-order valence-electron chi connectivity index (χ1n) is 12.1. The van der Waals surface area contributed by atoms with Gasteiger partial charge in [-0.05, 0) is 62.3 Å². The van der Waals surface area contributed by atoms with Gasteiger partial charge in [0.05, 0.1) is 24.8 Å². The number of rotatable bonds is 5. The molecule has 8 nitrogen and oxygen atoms in total. The number of carbonyl (C=O) groups is 1. The van der Waals surface area contributed by atoms with Crippen LogP contribution in [0.25, 0.3) is 17.8 Å². The maximum atomic E-state index is 11.7. The molecule has 0 spiro atoms. The third kappa shape index (κ3) is 4.49. The van der Waals surface area contributed by atoms with Gasteiger partial charge in [0, 0.05) is 38.7 Å². The average Bonchev–Trinajstić information content (AvgIpc) is 3.48. The molecule has 3 aromatic rings. The SMILES string of the molecule is COc1cc(/C=C/c2nc3n(n2)CCC[C@H]3C2CCN(C(C)=O)CC2)ccc1-n1cnc(C)c1. The van der Waals surface area contributed by atoms with Crippen LogP contribution in [0.5, 0.6) is 5.75 Å². The van der Waals surface area contributed by atoms with Gasteiger partial charge in [0.25, 0.3) is 0 Å². The van der Waals surface area contributed by atoms with Gasteiger partial charge < -0.3 is 14.2 Å². The highest BCUT2D eigenvalue weighted by Crippen LogP contribution is 2.38. The number of piperidine rings is 1. The molecule has 0 aliphatic carbocycles. The Morgan fingerprint density at radius 1 is 1.15 bits per heavy atom. The maximum Gasteiger partial charge on any atom is 0.219 e. The van der Waals surface area contributed by atoms with Crippen molar-refractivity contribution in [3.05, 3.63) is 53.6 Å². The molecule has 1 amide bonds. The summed E-state index contributed by atoms with van der Waals surface area (Å²) in [5.74, 6) is 3.82. The first kappa shape index (κ1) is 22.4. The van der Waals surface area contributed by atoms with E-state index in [1.807, 2.05) is 46.9 Å². The Hall–Kier alpha value is -3.42. The van der Waals surface area contributed by atoms with Gasteiger partial charge >= 0.3 is 0 Å². The van der Waals surface area contributed by atoms with Gasteiger partial charge in [-0.3, -0.25) is 4.79 Å². The standard InChI is InChI=1S/C26H32N6O2/c1-18-16-31(17-27-18)23-8-6-20(15-24(23)34-3)7-9-25-28-26-22(5-4-12-32(26)29-25)21-10-13-30(14-11-21)19(2)33/h6-9,15-17,21-22H,4-5,10-14H2,1-3H3/b9-7+/t22-/m0/s1. The van der Waals surface area contributed by atoms with Crippen LogP contribution in [0.15, 0.2) is 30.7 Å². The second kappa shape index (κ2) is 9.44. The van der Waals surface area contributed by atoms with E-state index < -0.39 is 0 Å². The smallest absolute Gasteiger partial charge is 0.219 e. The molecule has 1 atom stereocenters. The van der Waals surface area contributed by atoms with E-state index in [1.54, 1.807) is 20.4 Å². The van der Waals surface area contributed by atoms with E-state index in [-0.39, 0.29) is 5.91 Å². The molecule has 0 unspecified atom stereocenters. The van der Waals surface area contributed by atoms with Crippen molar-refractivity contribution in [2.45, 2.75) is 52.0 Å². The number of hydrogen-bond acceptors (Lipinski definition) is 5. The van der Waals surface area contributed by atoms with E-state index in [0.29, 0.717) is 11.8 Å². The summed E-state index contributed by atoms with van der Waals surface area (Å²) in [5.41, 5.74) is 2.94. The number of nitrogens with zero attached hydrogens (tertiary/aromatic N) is 6. The van der Waals surface area contributed by atoms with Crippen LogP contribution in [0, 0.1) is 12.8 Å². The maximum absolute atomic E-state index is 11.7. The van der Waals surface area contributed by atoms with Crippen molar-refractivity contribution in [1.29, 1.82) is 0 Å². The fourth-order valence-electron chi connectivity index (χ4n) is 5.27. The summed E-state index contributed by atoms with van der Waals surface area (Å²) in [6.07, 6.45) is 12.2. The second-order valence-electron chi connectivity index (χ2n) is 9.33. The van der Waals surface area contributed by atoms with Crippen molar-refractivity contribution >= 4 is 18.1 Å². The molecule has 8 heteroatoms.